The maximum Gasteiger partial charge on any atom is 0.119 e. The molecule has 4 nitrogen and oxygen atoms in total. The molecule has 118 valence electrons. The molecule has 1 unspecified atom stereocenters. The molecule has 0 radical (unpaired) electrons. The van der Waals surface area contributed by atoms with E-state index in [2.05, 4.69) is 34.9 Å². The molecule has 1 aromatic rings. The van der Waals surface area contributed by atoms with Gasteiger partial charge in [-0.2, -0.15) is 0 Å². The van der Waals surface area contributed by atoms with Crippen molar-refractivity contribution in [2.45, 2.75) is 26.3 Å². The van der Waals surface area contributed by atoms with Gasteiger partial charge < -0.3 is 15.4 Å². The molecule has 1 heterocycles. The fraction of sp³-hybridized carbons (Fsp3) is 0.647. The van der Waals surface area contributed by atoms with E-state index in [1.54, 1.807) is 0 Å². The zero-order chi connectivity index (χ0) is 15.1. The highest BCUT2D eigenvalue weighted by molar-refractivity contribution is 5.31. The van der Waals surface area contributed by atoms with E-state index in [0.717, 1.165) is 31.9 Å². The van der Waals surface area contributed by atoms with Gasteiger partial charge in [-0.1, -0.05) is 19.1 Å². The van der Waals surface area contributed by atoms with Crippen molar-refractivity contribution in [2.75, 3.05) is 45.9 Å². The summed E-state index contributed by atoms with van der Waals surface area (Å²) < 4.78 is 5.61. The molecule has 0 bridgehead atoms. The van der Waals surface area contributed by atoms with Crippen molar-refractivity contribution < 1.29 is 4.74 Å². The number of benzene rings is 1. The predicted octanol–water partition coefficient (Wildman–Crippen LogP) is 2.11. The lowest BCUT2D eigenvalue weighted by molar-refractivity contribution is 0.0984. The van der Waals surface area contributed by atoms with Gasteiger partial charge in [0, 0.05) is 38.8 Å². The Morgan fingerprint density at radius 3 is 2.57 bits per heavy atom. The van der Waals surface area contributed by atoms with E-state index in [0.29, 0.717) is 19.2 Å². The van der Waals surface area contributed by atoms with Crippen LogP contribution >= 0.6 is 0 Å². The summed E-state index contributed by atoms with van der Waals surface area (Å²) in [6.07, 6.45) is 1.23. The molecule has 0 aromatic heterocycles. The number of hydrogen-bond acceptors (Lipinski definition) is 4. The second-order valence-electron chi connectivity index (χ2n) is 5.63. The third-order valence-electron chi connectivity index (χ3n) is 4.16. The van der Waals surface area contributed by atoms with Crippen LogP contribution in [0.1, 0.15) is 31.9 Å². The average Bonchev–Trinajstić information content (AvgIpc) is 2.51. The van der Waals surface area contributed by atoms with Gasteiger partial charge in [0.25, 0.3) is 0 Å². The Morgan fingerprint density at radius 2 is 1.95 bits per heavy atom. The predicted molar refractivity (Wildman–Crippen MR) is 87.7 cm³/mol. The summed E-state index contributed by atoms with van der Waals surface area (Å²) >= 11 is 0. The van der Waals surface area contributed by atoms with Crippen molar-refractivity contribution in [1.82, 2.24) is 9.80 Å². The third-order valence-corrected chi connectivity index (χ3v) is 4.16. The van der Waals surface area contributed by atoms with Crippen LogP contribution in [0.25, 0.3) is 0 Å². The molecule has 1 aliphatic heterocycles. The average molecular weight is 291 g/mol. The fourth-order valence-electron chi connectivity index (χ4n) is 3.09. The van der Waals surface area contributed by atoms with Gasteiger partial charge in [0.15, 0.2) is 0 Å². The van der Waals surface area contributed by atoms with E-state index in [-0.39, 0.29) is 0 Å². The maximum atomic E-state index is 6.06. The van der Waals surface area contributed by atoms with Gasteiger partial charge in [-0.3, -0.25) is 4.90 Å². The molecule has 0 spiro atoms. The lowest BCUT2D eigenvalue weighted by Crippen LogP contribution is -2.49. The lowest BCUT2D eigenvalue weighted by atomic mass is 10.0. The van der Waals surface area contributed by atoms with Crippen LogP contribution in [0, 0.1) is 0 Å². The molecule has 1 aliphatic rings. The van der Waals surface area contributed by atoms with Crippen LogP contribution in [0.5, 0.6) is 5.75 Å². The molecule has 2 rings (SSSR count). The maximum absolute atomic E-state index is 6.06. The third kappa shape index (κ3) is 4.43. The molecule has 21 heavy (non-hydrogen) atoms. The zero-order valence-electron chi connectivity index (χ0n) is 13.4. The Morgan fingerprint density at radius 1 is 1.19 bits per heavy atom. The standard InChI is InChI=1S/C17H29N3O/c1-3-8-19-9-11-20(12-10-19)17(14-18)15-6-5-7-16(13-15)21-4-2/h5-7,13,17H,3-4,8-12,14,18H2,1-2H3. The highest BCUT2D eigenvalue weighted by Crippen LogP contribution is 2.24. The van der Waals surface area contributed by atoms with Crippen molar-refractivity contribution in [3.8, 4) is 5.75 Å². The van der Waals surface area contributed by atoms with Crippen molar-refractivity contribution in [2.24, 2.45) is 5.73 Å². The summed E-state index contributed by atoms with van der Waals surface area (Å²) in [5, 5.41) is 0. The Bertz CT molecular complexity index is 416. The molecule has 1 saturated heterocycles. The first-order valence-corrected chi connectivity index (χ1v) is 8.17. The van der Waals surface area contributed by atoms with Gasteiger partial charge in [-0.25, -0.2) is 0 Å². The first kappa shape index (κ1) is 16.3. The van der Waals surface area contributed by atoms with Crippen LogP contribution in [0.15, 0.2) is 24.3 Å². The van der Waals surface area contributed by atoms with E-state index in [1.807, 2.05) is 13.0 Å². The van der Waals surface area contributed by atoms with Gasteiger partial charge in [-0.05, 0) is 37.6 Å². The van der Waals surface area contributed by atoms with Crippen molar-refractivity contribution in [3.63, 3.8) is 0 Å². The number of hydrogen-bond donors (Lipinski definition) is 1. The molecule has 2 N–H and O–H groups in total. The zero-order valence-corrected chi connectivity index (χ0v) is 13.4. The highest BCUT2D eigenvalue weighted by atomic mass is 16.5. The minimum atomic E-state index is 0.300. The quantitative estimate of drug-likeness (QED) is 0.835. The number of piperazine rings is 1. The van der Waals surface area contributed by atoms with Crippen LogP contribution < -0.4 is 10.5 Å². The van der Waals surface area contributed by atoms with E-state index in [9.17, 15) is 0 Å². The number of rotatable bonds is 7. The second-order valence-corrected chi connectivity index (χ2v) is 5.63. The summed E-state index contributed by atoms with van der Waals surface area (Å²) in [4.78, 5) is 5.05. The van der Waals surface area contributed by atoms with E-state index >= 15 is 0 Å². The fourth-order valence-corrected chi connectivity index (χ4v) is 3.09. The summed E-state index contributed by atoms with van der Waals surface area (Å²) in [6.45, 7) is 11.3. The van der Waals surface area contributed by atoms with Gasteiger partial charge in [0.2, 0.25) is 0 Å². The number of nitrogens with zero attached hydrogens (tertiary/aromatic N) is 2. The number of ether oxygens (including phenoxy) is 1. The largest absolute Gasteiger partial charge is 0.494 e. The summed E-state index contributed by atoms with van der Waals surface area (Å²) in [5.41, 5.74) is 7.33. The molecular formula is C17H29N3O. The minimum Gasteiger partial charge on any atom is -0.494 e. The van der Waals surface area contributed by atoms with Gasteiger partial charge in [0.1, 0.15) is 5.75 Å². The first-order chi connectivity index (χ1) is 10.3. The Hall–Kier alpha value is -1.10. The summed E-state index contributed by atoms with van der Waals surface area (Å²) in [6, 6.07) is 8.68. The second kappa shape index (κ2) is 8.37. The first-order valence-electron chi connectivity index (χ1n) is 8.17. The summed E-state index contributed by atoms with van der Waals surface area (Å²) in [7, 11) is 0. The lowest BCUT2D eigenvalue weighted by Gasteiger charge is -2.39. The monoisotopic (exact) mass is 291 g/mol. The molecular weight excluding hydrogens is 262 g/mol. The number of nitrogens with two attached hydrogens (primary N) is 1. The van der Waals surface area contributed by atoms with Gasteiger partial charge in [0.05, 0.1) is 6.61 Å². The smallest absolute Gasteiger partial charge is 0.119 e. The highest BCUT2D eigenvalue weighted by Gasteiger charge is 2.23. The topological polar surface area (TPSA) is 41.7 Å². The molecule has 1 atom stereocenters. The van der Waals surface area contributed by atoms with Crippen molar-refractivity contribution >= 4 is 0 Å². The van der Waals surface area contributed by atoms with Crippen LogP contribution in [0.3, 0.4) is 0 Å². The molecule has 0 aliphatic carbocycles. The summed E-state index contributed by atoms with van der Waals surface area (Å²) in [5.74, 6) is 0.943. The Labute approximate surface area is 128 Å². The molecule has 0 amide bonds. The van der Waals surface area contributed by atoms with E-state index in [4.69, 9.17) is 10.5 Å². The SMILES string of the molecule is CCCN1CCN(C(CN)c2cccc(OCC)c2)CC1. The molecule has 0 saturated carbocycles. The van der Waals surface area contributed by atoms with Gasteiger partial charge >= 0.3 is 0 Å². The van der Waals surface area contributed by atoms with Gasteiger partial charge in [-0.15, -0.1) is 0 Å². The molecule has 1 fully saturated rings. The Kier molecular flexibility index (Phi) is 6.49. The van der Waals surface area contributed by atoms with E-state index < -0.39 is 0 Å². The van der Waals surface area contributed by atoms with Crippen molar-refractivity contribution in [3.05, 3.63) is 29.8 Å². The van der Waals surface area contributed by atoms with Crippen molar-refractivity contribution in [1.29, 1.82) is 0 Å². The van der Waals surface area contributed by atoms with Crippen LogP contribution in [-0.2, 0) is 0 Å². The molecule has 1 aromatic carbocycles. The van der Waals surface area contributed by atoms with Crippen LogP contribution in [-0.4, -0.2) is 55.7 Å². The van der Waals surface area contributed by atoms with E-state index in [1.165, 1.54) is 18.5 Å². The van der Waals surface area contributed by atoms with Crippen LogP contribution in [0.2, 0.25) is 0 Å². The Balaban J connectivity index is 2.01. The minimum absolute atomic E-state index is 0.300. The molecule has 4 heteroatoms. The van der Waals surface area contributed by atoms with Crippen LogP contribution in [0.4, 0.5) is 0 Å². The normalized spacial score (nSPS) is 18.6.